The minimum atomic E-state index is -0.371. The van der Waals surface area contributed by atoms with Crippen molar-refractivity contribution in [2.75, 3.05) is 0 Å². The van der Waals surface area contributed by atoms with Crippen molar-refractivity contribution in [2.24, 2.45) is 19.1 Å². The number of hydrogen-bond acceptors (Lipinski definition) is 4. The number of nitrogens with zero attached hydrogens (tertiary/aromatic N) is 4. The van der Waals surface area contributed by atoms with Crippen molar-refractivity contribution in [3.8, 4) is 11.4 Å². The van der Waals surface area contributed by atoms with Crippen LogP contribution in [0.2, 0.25) is 0 Å². The first-order chi connectivity index (χ1) is 14.3. The second-order valence-corrected chi connectivity index (χ2v) is 7.21. The highest BCUT2D eigenvalue weighted by molar-refractivity contribution is 6.06. The molecule has 0 aliphatic heterocycles. The Bertz CT molecular complexity index is 1420. The largest absolute Gasteiger partial charge is 0.506 e. The highest BCUT2D eigenvalue weighted by Crippen LogP contribution is 2.27. The molecule has 0 spiro atoms. The molecule has 2 aromatic carbocycles. The lowest BCUT2D eigenvalue weighted by atomic mass is 10.1. The van der Waals surface area contributed by atoms with Gasteiger partial charge in [0.2, 0.25) is 0 Å². The van der Waals surface area contributed by atoms with Gasteiger partial charge in [-0.3, -0.25) is 14.3 Å². The Morgan fingerprint density at radius 3 is 2.27 bits per heavy atom. The molecule has 4 aromatic rings. The zero-order valence-electron chi connectivity index (χ0n) is 17.2. The summed E-state index contributed by atoms with van der Waals surface area (Å²) >= 11 is 0. The first kappa shape index (κ1) is 19.4. The van der Waals surface area contributed by atoms with Crippen LogP contribution in [-0.2, 0) is 14.1 Å². The van der Waals surface area contributed by atoms with E-state index in [2.05, 4.69) is 4.99 Å². The van der Waals surface area contributed by atoms with Crippen molar-refractivity contribution in [1.82, 2.24) is 13.9 Å². The molecule has 7 nitrogen and oxygen atoms in total. The Kier molecular flexibility index (Phi) is 4.66. The molecule has 2 heterocycles. The van der Waals surface area contributed by atoms with Crippen molar-refractivity contribution < 1.29 is 5.11 Å². The molecule has 152 valence electrons. The van der Waals surface area contributed by atoms with E-state index in [4.69, 9.17) is 0 Å². The summed E-state index contributed by atoms with van der Waals surface area (Å²) in [5.41, 5.74) is 1.93. The van der Waals surface area contributed by atoms with Gasteiger partial charge in [-0.05, 0) is 38.1 Å². The van der Waals surface area contributed by atoms with Crippen LogP contribution in [0, 0.1) is 6.92 Å². The molecule has 0 fully saturated rings. The summed E-state index contributed by atoms with van der Waals surface area (Å²) in [6, 6.07) is 16.4. The van der Waals surface area contributed by atoms with E-state index in [1.54, 1.807) is 56.9 Å². The summed E-state index contributed by atoms with van der Waals surface area (Å²) in [5.74, 6) is -0.132. The molecule has 0 saturated heterocycles. The fraction of sp³-hybridized carbons (Fsp3) is 0.174. The van der Waals surface area contributed by atoms with Crippen LogP contribution in [0.15, 0.2) is 69.2 Å². The number of aryl methyl sites for hydroxylation is 1. The molecule has 0 atom stereocenters. The minimum absolute atomic E-state index is 0.0881. The average molecular weight is 402 g/mol. The maximum absolute atomic E-state index is 13.1. The van der Waals surface area contributed by atoms with E-state index in [1.807, 2.05) is 30.3 Å². The summed E-state index contributed by atoms with van der Waals surface area (Å²) in [6.07, 6.45) is 0. The Balaban J connectivity index is 1.95. The predicted molar refractivity (Wildman–Crippen MR) is 118 cm³/mol. The van der Waals surface area contributed by atoms with Crippen molar-refractivity contribution in [2.45, 2.75) is 13.8 Å². The van der Waals surface area contributed by atoms with Gasteiger partial charge in [0.1, 0.15) is 11.3 Å². The zero-order chi connectivity index (χ0) is 21.6. The lowest BCUT2D eigenvalue weighted by Crippen LogP contribution is -2.24. The van der Waals surface area contributed by atoms with Gasteiger partial charge in [0, 0.05) is 19.5 Å². The molecule has 7 heteroatoms. The molecule has 0 bridgehead atoms. The Hall–Kier alpha value is -3.87. The molecule has 30 heavy (non-hydrogen) atoms. The summed E-state index contributed by atoms with van der Waals surface area (Å²) < 4.78 is 4.73. The molecule has 0 aliphatic rings. The maximum atomic E-state index is 13.1. The number of hydrogen-bond donors (Lipinski definition) is 1. The minimum Gasteiger partial charge on any atom is -0.506 e. The van der Waals surface area contributed by atoms with E-state index >= 15 is 0 Å². The fourth-order valence-electron chi connectivity index (χ4n) is 3.71. The van der Waals surface area contributed by atoms with Crippen molar-refractivity contribution in [1.29, 1.82) is 0 Å². The second kappa shape index (κ2) is 7.18. The van der Waals surface area contributed by atoms with E-state index in [0.29, 0.717) is 16.6 Å². The Morgan fingerprint density at radius 1 is 0.933 bits per heavy atom. The topological polar surface area (TPSA) is 81.5 Å². The van der Waals surface area contributed by atoms with E-state index in [9.17, 15) is 14.7 Å². The molecular formula is C23H22N4O3. The third-order valence-electron chi connectivity index (χ3n) is 5.44. The van der Waals surface area contributed by atoms with Crippen LogP contribution in [0.1, 0.15) is 18.2 Å². The standard InChI is InChI=1S/C23H22N4O3/c1-14(19-21(28)17-12-8-9-13-18(17)25(3)22(19)29)24-20-15(2)26(4)27(23(20)30)16-10-6-5-7-11-16/h5-13,28H,1-4H3. The molecular weight excluding hydrogens is 380 g/mol. The first-order valence-electron chi connectivity index (χ1n) is 9.53. The predicted octanol–water partition coefficient (Wildman–Crippen LogP) is 3.18. The number of fused-ring (bicyclic) bond motifs is 1. The van der Waals surface area contributed by atoms with Crippen molar-refractivity contribution >= 4 is 22.3 Å². The monoisotopic (exact) mass is 402 g/mol. The molecule has 4 rings (SSSR count). The van der Waals surface area contributed by atoms with Gasteiger partial charge in [0.25, 0.3) is 11.1 Å². The van der Waals surface area contributed by atoms with Crippen LogP contribution < -0.4 is 11.1 Å². The number of benzene rings is 2. The number of aliphatic imine (C=N–C) groups is 1. The molecule has 0 unspecified atom stereocenters. The van der Waals surface area contributed by atoms with E-state index < -0.39 is 0 Å². The molecule has 0 saturated carbocycles. The third kappa shape index (κ3) is 2.86. The maximum Gasteiger partial charge on any atom is 0.297 e. The fourth-order valence-corrected chi connectivity index (χ4v) is 3.71. The smallest absolute Gasteiger partial charge is 0.297 e. The molecule has 1 N–H and O–H groups in total. The van der Waals surface area contributed by atoms with E-state index in [-0.39, 0.29) is 33.8 Å². The van der Waals surface area contributed by atoms with Gasteiger partial charge >= 0.3 is 0 Å². The Morgan fingerprint density at radius 2 is 1.57 bits per heavy atom. The Labute approximate surface area is 172 Å². The molecule has 2 aromatic heterocycles. The second-order valence-electron chi connectivity index (χ2n) is 7.21. The van der Waals surface area contributed by atoms with Gasteiger partial charge in [0.05, 0.1) is 22.6 Å². The third-order valence-corrected chi connectivity index (χ3v) is 5.44. The van der Waals surface area contributed by atoms with Gasteiger partial charge in [-0.2, -0.15) is 0 Å². The number of pyridine rings is 1. The number of rotatable bonds is 3. The van der Waals surface area contributed by atoms with E-state index in [1.165, 1.54) is 9.25 Å². The number of aromatic hydroxyl groups is 1. The highest BCUT2D eigenvalue weighted by Gasteiger charge is 2.20. The normalized spacial score (nSPS) is 11.9. The molecule has 0 radical (unpaired) electrons. The van der Waals surface area contributed by atoms with Crippen LogP contribution in [-0.4, -0.2) is 24.7 Å². The summed E-state index contributed by atoms with van der Waals surface area (Å²) in [6.45, 7) is 3.43. The lowest BCUT2D eigenvalue weighted by molar-refractivity contribution is 0.478. The van der Waals surface area contributed by atoms with Crippen LogP contribution in [0.3, 0.4) is 0 Å². The number of aromatic nitrogens is 3. The quantitative estimate of drug-likeness (QED) is 0.535. The van der Waals surface area contributed by atoms with Crippen molar-refractivity contribution in [3.05, 3.63) is 86.6 Å². The van der Waals surface area contributed by atoms with Crippen LogP contribution in [0.25, 0.3) is 16.6 Å². The lowest BCUT2D eigenvalue weighted by Gasteiger charge is -2.11. The molecule has 0 aliphatic carbocycles. The molecule has 0 amide bonds. The van der Waals surface area contributed by atoms with Crippen LogP contribution >= 0.6 is 0 Å². The van der Waals surface area contributed by atoms with Crippen LogP contribution in [0.5, 0.6) is 5.75 Å². The number of para-hydroxylation sites is 2. The van der Waals surface area contributed by atoms with Gasteiger partial charge in [0.15, 0.2) is 5.69 Å². The van der Waals surface area contributed by atoms with Gasteiger partial charge in [-0.1, -0.05) is 30.3 Å². The van der Waals surface area contributed by atoms with Gasteiger partial charge in [-0.15, -0.1) is 0 Å². The van der Waals surface area contributed by atoms with Gasteiger partial charge < -0.3 is 9.67 Å². The van der Waals surface area contributed by atoms with Crippen molar-refractivity contribution in [3.63, 3.8) is 0 Å². The van der Waals surface area contributed by atoms with Crippen LogP contribution in [0.4, 0.5) is 5.69 Å². The first-order valence-corrected chi connectivity index (χ1v) is 9.53. The summed E-state index contributed by atoms with van der Waals surface area (Å²) in [7, 11) is 3.43. The van der Waals surface area contributed by atoms with Gasteiger partial charge in [-0.25, -0.2) is 9.67 Å². The SMILES string of the molecule is CC(=Nc1c(C)n(C)n(-c2ccccc2)c1=O)c1c(O)c2ccccc2n(C)c1=O. The van der Waals surface area contributed by atoms with E-state index in [0.717, 1.165) is 5.69 Å². The summed E-state index contributed by atoms with van der Waals surface area (Å²) in [4.78, 5) is 30.5. The zero-order valence-corrected chi connectivity index (χ0v) is 17.2. The highest BCUT2D eigenvalue weighted by atomic mass is 16.3. The average Bonchev–Trinajstić information content (AvgIpc) is 2.96. The summed E-state index contributed by atoms with van der Waals surface area (Å²) in [5, 5.41) is 11.3.